The fraction of sp³-hybridized carbons (Fsp3) is 0.217. The first-order valence-electron chi connectivity index (χ1n) is 10.4. The molecular weight excluding hydrogens is 494 g/mol. The van der Waals surface area contributed by atoms with E-state index in [1.165, 1.54) is 37.6 Å². The third-order valence-electron chi connectivity index (χ3n) is 4.96. The summed E-state index contributed by atoms with van der Waals surface area (Å²) >= 11 is 7.40. The maximum Gasteiger partial charge on any atom is 0.367 e. The van der Waals surface area contributed by atoms with Crippen molar-refractivity contribution in [3.05, 3.63) is 69.6 Å². The smallest absolute Gasteiger partial charge is 0.367 e. The van der Waals surface area contributed by atoms with Crippen molar-refractivity contribution in [2.24, 2.45) is 0 Å². The molecule has 4 aromatic rings. The lowest BCUT2D eigenvalue weighted by molar-refractivity contribution is -0.117. The number of methoxy groups -OCH3 is 3. The Labute approximate surface area is 209 Å². The minimum atomic E-state index is -0.519. The van der Waals surface area contributed by atoms with E-state index in [0.29, 0.717) is 44.4 Å². The van der Waals surface area contributed by atoms with Gasteiger partial charge in [-0.3, -0.25) is 4.79 Å². The second-order valence-electron chi connectivity index (χ2n) is 7.26. The van der Waals surface area contributed by atoms with Gasteiger partial charge in [0, 0.05) is 28.6 Å². The van der Waals surface area contributed by atoms with Crippen LogP contribution in [0.1, 0.15) is 5.56 Å². The van der Waals surface area contributed by atoms with Crippen LogP contribution in [0, 0.1) is 0 Å². The maximum absolute atomic E-state index is 12.8. The fourth-order valence-corrected chi connectivity index (χ4v) is 4.24. The SMILES string of the molecule is COc1cc(NC(=O)Cn2nc3ccc(SCc4ccc(Cl)cc4)nn3c2=O)cc(OC)c1OC. The number of benzene rings is 2. The monoisotopic (exact) mass is 515 g/mol. The zero-order chi connectivity index (χ0) is 24.9. The topological polar surface area (TPSA) is 109 Å². The van der Waals surface area contributed by atoms with Crippen molar-refractivity contribution < 1.29 is 19.0 Å². The zero-order valence-electron chi connectivity index (χ0n) is 19.1. The van der Waals surface area contributed by atoms with Crippen LogP contribution < -0.4 is 25.2 Å². The molecule has 0 spiro atoms. The lowest BCUT2D eigenvalue weighted by Gasteiger charge is -2.14. The average Bonchev–Trinajstić information content (AvgIpc) is 3.17. The van der Waals surface area contributed by atoms with Gasteiger partial charge in [-0.2, -0.15) is 9.61 Å². The standard InChI is InChI=1S/C23H22ClN5O5S/c1-32-17-10-16(11-18(33-2)22(17)34-3)25-20(30)12-28-23(31)29-19(26-28)8-9-21(27-29)35-13-14-4-6-15(24)7-5-14/h4-11H,12-13H2,1-3H3,(H,25,30). The first-order valence-corrected chi connectivity index (χ1v) is 11.7. The van der Waals surface area contributed by atoms with Gasteiger partial charge in [0.05, 0.1) is 21.3 Å². The van der Waals surface area contributed by atoms with Crippen molar-refractivity contribution in [3.8, 4) is 17.2 Å². The molecule has 0 radical (unpaired) electrons. The Kier molecular flexibility index (Phi) is 7.47. The van der Waals surface area contributed by atoms with E-state index in [9.17, 15) is 9.59 Å². The van der Waals surface area contributed by atoms with Crippen molar-refractivity contribution in [2.45, 2.75) is 17.3 Å². The average molecular weight is 516 g/mol. The molecule has 10 nitrogen and oxygen atoms in total. The van der Waals surface area contributed by atoms with Crippen LogP contribution in [0.15, 0.2) is 58.4 Å². The van der Waals surface area contributed by atoms with E-state index in [0.717, 1.165) is 10.2 Å². The lowest BCUT2D eigenvalue weighted by atomic mass is 10.2. The predicted molar refractivity (Wildman–Crippen MR) is 133 cm³/mol. The number of thioether (sulfide) groups is 1. The van der Waals surface area contributed by atoms with Crippen molar-refractivity contribution in [1.29, 1.82) is 0 Å². The van der Waals surface area contributed by atoms with E-state index >= 15 is 0 Å². The molecule has 182 valence electrons. The number of rotatable bonds is 9. The van der Waals surface area contributed by atoms with Crippen LogP contribution in [0.25, 0.3) is 5.65 Å². The summed E-state index contributed by atoms with van der Waals surface area (Å²) in [6.07, 6.45) is 0. The first kappa shape index (κ1) is 24.4. The highest BCUT2D eigenvalue weighted by molar-refractivity contribution is 7.98. The highest BCUT2D eigenvalue weighted by atomic mass is 35.5. The van der Waals surface area contributed by atoms with Gasteiger partial charge in [-0.25, -0.2) is 9.48 Å². The molecule has 2 heterocycles. The summed E-state index contributed by atoms with van der Waals surface area (Å²) in [5, 5.41) is 12.6. The molecule has 12 heteroatoms. The number of fused-ring (bicyclic) bond motifs is 1. The minimum absolute atomic E-state index is 0.299. The predicted octanol–water partition coefficient (Wildman–Crippen LogP) is 3.50. The van der Waals surface area contributed by atoms with Gasteiger partial charge in [0.25, 0.3) is 0 Å². The molecule has 0 saturated heterocycles. The molecule has 0 aliphatic carbocycles. The van der Waals surface area contributed by atoms with Crippen LogP contribution in [0.4, 0.5) is 5.69 Å². The largest absolute Gasteiger partial charge is 0.493 e. The van der Waals surface area contributed by atoms with E-state index in [4.69, 9.17) is 25.8 Å². The molecule has 2 aromatic heterocycles. The van der Waals surface area contributed by atoms with Crippen LogP contribution in [-0.2, 0) is 17.1 Å². The summed E-state index contributed by atoms with van der Waals surface area (Å²) in [7, 11) is 4.45. The third kappa shape index (κ3) is 5.52. The maximum atomic E-state index is 12.8. The molecule has 1 amide bonds. The van der Waals surface area contributed by atoms with Crippen molar-refractivity contribution >= 4 is 40.6 Å². The Morgan fingerprint density at radius 3 is 2.31 bits per heavy atom. The van der Waals surface area contributed by atoms with Gasteiger partial charge in [0.15, 0.2) is 17.1 Å². The Hall–Kier alpha value is -3.70. The molecule has 0 aliphatic heterocycles. The van der Waals surface area contributed by atoms with Gasteiger partial charge in [-0.05, 0) is 29.8 Å². The van der Waals surface area contributed by atoms with E-state index in [1.807, 2.05) is 24.3 Å². The molecule has 0 unspecified atom stereocenters. The van der Waals surface area contributed by atoms with Crippen molar-refractivity contribution in [3.63, 3.8) is 0 Å². The van der Waals surface area contributed by atoms with Crippen LogP contribution in [-0.4, -0.2) is 46.6 Å². The quantitative estimate of drug-likeness (QED) is 0.337. The van der Waals surface area contributed by atoms with Crippen LogP contribution >= 0.6 is 23.4 Å². The number of ether oxygens (including phenoxy) is 3. The number of carbonyl (C=O) groups is 1. The number of anilines is 1. The number of hydrogen-bond donors (Lipinski definition) is 1. The summed E-state index contributed by atoms with van der Waals surface area (Å²) in [6.45, 7) is -0.299. The second-order valence-corrected chi connectivity index (χ2v) is 8.69. The highest BCUT2D eigenvalue weighted by Crippen LogP contribution is 2.39. The molecule has 0 fully saturated rings. The second kappa shape index (κ2) is 10.7. The van der Waals surface area contributed by atoms with E-state index in [1.54, 1.807) is 24.3 Å². The Bertz CT molecular complexity index is 1400. The van der Waals surface area contributed by atoms with Gasteiger partial charge in [0.1, 0.15) is 11.6 Å². The summed E-state index contributed by atoms with van der Waals surface area (Å²) in [6, 6.07) is 14.2. The Balaban J connectivity index is 1.48. The van der Waals surface area contributed by atoms with Crippen LogP contribution in [0.3, 0.4) is 0 Å². The zero-order valence-corrected chi connectivity index (χ0v) is 20.7. The van der Waals surface area contributed by atoms with Gasteiger partial charge in [0.2, 0.25) is 11.7 Å². The molecular formula is C23H22ClN5O5S. The molecule has 1 N–H and O–H groups in total. The third-order valence-corrected chi connectivity index (χ3v) is 6.20. The van der Waals surface area contributed by atoms with E-state index < -0.39 is 11.6 Å². The summed E-state index contributed by atoms with van der Waals surface area (Å²) in [4.78, 5) is 25.5. The molecule has 35 heavy (non-hydrogen) atoms. The fourth-order valence-electron chi connectivity index (χ4n) is 3.30. The van der Waals surface area contributed by atoms with Crippen molar-refractivity contribution in [1.82, 2.24) is 19.4 Å². The van der Waals surface area contributed by atoms with Crippen molar-refractivity contribution in [2.75, 3.05) is 26.6 Å². The molecule has 0 aliphatic rings. The summed E-state index contributed by atoms with van der Waals surface area (Å²) < 4.78 is 18.1. The number of halogens is 1. The van der Waals surface area contributed by atoms with Gasteiger partial charge >= 0.3 is 5.69 Å². The summed E-state index contributed by atoms with van der Waals surface area (Å²) in [5.74, 6) is 1.39. The number of hydrogen-bond acceptors (Lipinski definition) is 8. The highest BCUT2D eigenvalue weighted by Gasteiger charge is 2.16. The number of amides is 1. The molecule has 0 atom stereocenters. The summed E-state index contributed by atoms with van der Waals surface area (Å²) in [5.41, 5.74) is 1.31. The van der Waals surface area contributed by atoms with Gasteiger partial charge in [-0.15, -0.1) is 5.10 Å². The molecule has 2 aromatic carbocycles. The minimum Gasteiger partial charge on any atom is -0.493 e. The van der Waals surface area contributed by atoms with E-state index in [2.05, 4.69) is 15.5 Å². The van der Waals surface area contributed by atoms with Crippen LogP contribution in [0.2, 0.25) is 5.02 Å². The van der Waals surface area contributed by atoms with E-state index in [-0.39, 0.29) is 6.54 Å². The van der Waals surface area contributed by atoms with Crippen LogP contribution in [0.5, 0.6) is 17.2 Å². The normalized spacial score (nSPS) is 10.9. The van der Waals surface area contributed by atoms with Gasteiger partial charge < -0.3 is 19.5 Å². The number of nitrogens with zero attached hydrogens (tertiary/aromatic N) is 4. The first-order chi connectivity index (χ1) is 16.9. The molecule has 4 rings (SSSR count). The van der Waals surface area contributed by atoms with Gasteiger partial charge in [-0.1, -0.05) is 35.5 Å². The number of nitrogens with one attached hydrogen (secondary N) is 1. The lowest BCUT2D eigenvalue weighted by Crippen LogP contribution is -2.28. The Morgan fingerprint density at radius 2 is 1.69 bits per heavy atom. The number of aromatic nitrogens is 4. The molecule has 0 saturated carbocycles. The number of carbonyl (C=O) groups excluding carboxylic acids is 1. The Morgan fingerprint density at radius 1 is 1.00 bits per heavy atom. The molecule has 0 bridgehead atoms.